The topological polar surface area (TPSA) is 93.0 Å². The summed E-state index contributed by atoms with van der Waals surface area (Å²) in [6, 6.07) is -0.800. The zero-order valence-corrected chi connectivity index (χ0v) is 9.00. The van der Waals surface area contributed by atoms with Crippen molar-refractivity contribution >= 4 is 0 Å². The summed E-state index contributed by atoms with van der Waals surface area (Å²) in [5.74, 6) is 0. The number of aliphatic hydroxyl groups is 4. The molecule has 0 aliphatic carbocycles. The summed E-state index contributed by atoms with van der Waals surface area (Å²) in [7, 11) is 0. The molecule has 5 N–H and O–H groups in total. The molecule has 15 heavy (non-hydrogen) atoms. The Morgan fingerprint density at radius 3 is 2.13 bits per heavy atom. The fraction of sp³-hybridized carbons (Fsp3) is 1.00. The lowest BCUT2D eigenvalue weighted by Crippen LogP contribution is -2.65. The van der Waals surface area contributed by atoms with Gasteiger partial charge in [0.2, 0.25) is 0 Å². The van der Waals surface area contributed by atoms with Gasteiger partial charge in [0.05, 0.1) is 24.9 Å². The van der Waals surface area contributed by atoms with Gasteiger partial charge in [-0.3, -0.25) is 0 Å². The molecule has 0 amide bonds. The smallest absolute Gasteiger partial charge is 0.109 e. The second-order valence-corrected chi connectivity index (χ2v) is 4.18. The average molecular weight is 219 g/mol. The van der Waals surface area contributed by atoms with E-state index in [0.717, 1.165) is 19.3 Å². The molecule has 0 bridgehead atoms. The minimum absolute atomic E-state index is 0.242. The van der Waals surface area contributed by atoms with E-state index >= 15 is 0 Å². The van der Waals surface area contributed by atoms with Gasteiger partial charge in [-0.1, -0.05) is 19.8 Å². The molecular formula is C10H21NO4. The van der Waals surface area contributed by atoms with Crippen molar-refractivity contribution < 1.29 is 20.4 Å². The van der Waals surface area contributed by atoms with Gasteiger partial charge >= 0.3 is 0 Å². The molecule has 1 heterocycles. The Kier molecular flexibility index (Phi) is 4.95. The molecule has 0 radical (unpaired) electrons. The van der Waals surface area contributed by atoms with Crippen molar-refractivity contribution in [1.29, 1.82) is 0 Å². The van der Waals surface area contributed by atoms with Crippen LogP contribution in [0.5, 0.6) is 0 Å². The first kappa shape index (κ1) is 12.9. The Labute approximate surface area is 89.7 Å². The lowest BCUT2D eigenvalue weighted by atomic mass is 9.88. The van der Waals surface area contributed by atoms with Crippen molar-refractivity contribution in [2.45, 2.75) is 56.6 Å². The Bertz CT molecular complexity index is 188. The largest absolute Gasteiger partial charge is 0.395 e. The van der Waals surface area contributed by atoms with E-state index in [1.165, 1.54) is 0 Å². The van der Waals surface area contributed by atoms with Crippen LogP contribution >= 0.6 is 0 Å². The van der Waals surface area contributed by atoms with Crippen LogP contribution in [-0.4, -0.2) is 57.4 Å². The molecule has 0 aromatic rings. The first-order chi connectivity index (χ1) is 7.11. The molecule has 90 valence electrons. The fourth-order valence-electron chi connectivity index (χ4n) is 1.99. The highest BCUT2D eigenvalue weighted by Crippen LogP contribution is 2.18. The molecule has 0 saturated carbocycles. The van der Waals surface area contributed by atoms with Crippen molar-refractivity contribution in [1.82, 2.24) is 5.32 Å². The van der Waals surface area contributed by atoms with Crippen LogP contribution in [0.3, 0.4) is 0 Å². The van der Waals surface area contributed by atoms with Gasteiger partial charge in [-0.25, -0.2) is 0 Å². The highest BCUT2D eigenvalue weighted by Gasteiger charge is 2.41. The second kappa shape index (κ2) is 5.77. The summed E-state index contributed by atoms with van der Waals surface area (Å²) in [5.41, 5.74) is 0. The summed E-state index contributed by atoms with van der Waals surface area (Å²) in [4.78, 5) is 0. The Morgan fingerprint density at radius 2 is 1.60 bits per heavy atom. The van der Waals surface area contributed by atoms with Crippen molar-refractivity contribution in [3.05, 3.63) is 0 Å². The van der Waals surface area contributed by atoms with Gasteiger partial charge in [0.15, 0.2) is 0 Å². The van der Waals surface area contributed by atoms with Crippen molar-refractivity contribution in [2.75, 3.05) is 6.61 Å². The van der Waals surface area contributed by atoms with E-state index < -0.39 is 24.4 Å². The molecule has 1 aliphatic heterocycles. The molecule has 1 saturated heterocycles. The third-order valence-electron chi connectivity index (χ3n) is 3.02. The molecule has 0 unspecified atom stereocenters. The van der Waals surface area contributed by atoms with Crippen LogP contribution in [0.1, 0.15) is 26.2 Å². The van der Waals surface area contributed by atoms with Crippen molar-refractivity contribution in [2.24, 2.45) is 0 Å². The van der Waals surface area contributed by atoms with E-state index in [0.29, 0.717) is 0 Å². The SMILES string of the molecule is CCCC[C@@H]1N[C@@H](CO)[C@@H](O)[C@H](O)[C@@H]1O. The summed E-state index contributed by atoms with van der Waals surface area (Å²) in [6.07, 6.45) is -0.566. The van der Waals surface area contributed by atoms with Gasteiger partial charge in [-0.2, -0.15) is 0 Å². The van der Waals surface area contributed by atoms with Crippen molar-refractivity contribution in [3.8, 4) is 0 Å². The molecule has 1 fully saturated rings. The summed E-state index contributed by atoms with van der Waals surface area (Å²) >= 11 is 0. The molecule has 0 aromatic heterocycles. The zero-order chi connectivity index (χ0) is 11.4. The average Bonchev–Trinajstić information content (AvgIpc) is 2.25. The maximum atomic E-state index is 9.69. The van der Waals surface area contributed by atoms with E-state index in [4.69, 9.17) is 5.11 Å². The summed E-state index contributed by atoms with van der Waals surface area (Å²) in [5, 5.41) is 40.7. The molecule has 5 heteroatoms. The Balaban J connectivity index is 2.57. The normalized spacial score (nSPS) is 41.8. The lowest BCUT2D eigenvalue weighted by molar-refractivity contribution is -0.120. The lowest BCUT2D eigenvalue weighted by Gasteiger charge is -2.41. The predicted molar refractivity (Wildman–Crippen MR) is 55.3 cm³/mol. The number of nitrogens with one attached hydrogen (secondary N) is 1. The number of hydrogen-bond donors (Lipinski definition) is 5. The molecular weight excluding hydrogens is 198 g/mol. The highest BCUT2D eigenvalue weighted by molar-refractivity contribution is 4.97. The second-order valence-electron chi connectivity index (χ2n) is 4.18. The highest BCUT2D eigenvalue weighted by atomic mass is 16.4. The first-order valence-corrected chi connectivity index (χ1v) is 5.53. The first-order valence-electron chi connectivity index (χ1n) is 5.53. The van der Waals surface area contributed by atoms with Gasteiger partial charge in [-0.05, 0) is 6.42 Å². The Morgan fingerprint density at radius 1 is 1.00 bits per heavy atom. The number of aliphatic hydroxyl groups excluding tert-OH is 4. The van der Waals surface area contributed by atoms with Gasteiger partial charge in [0.25, 0.3) is 0 Å². The minimum Gasteiger partial charge on any atom is -0.395 e. The van der Waals surface area contributed by atoms with Crippen LogP contribution in [0.4, 0.5) is 0 Å². The van der Waals surface area contributed by atoms with Crippen molar-refractivity contribution in [3.63, 3.8) is 0 Å². The predicted octanol–water partition coefficient (Wildman–Crippen LogP) is -1.41. The van der Waals surface area contributed by atoms with E-state index in [1.807, 2.05) is 6.92 Å². The van der Waals surface area contributed by atoms with Crippen LogP contribution in [-0.2, 0) is 0 Å². The van der Waals surface area contributed by atoms with Crippen LogP contribution in [0.15, 0.2) is 0 Å². The Hall–Kier alpha value is -0.200. The van der Waals surface area contributed by atoms with Crippen LogP contribution in [0, 0.1) is 0 Å². The summed E-state index contributed by atoms with van der Waals surface area (Å²) < 4.78 is 0. The summed E-state index contributed by atoms with van der Waals surface area (Å²) in [6.45, 7) is 1.80. The van der Waals surface area contributed by atoms with Gasteiger partial charge in [-0.15, -0.1) is 0 Å². The number of unbranched alkanes of at least 4 members (excludes halogenated alkanes) is 1. The van der Waals surface area contributed by atoms with Gasteiger partial charge in [0.1, 0.15) is 6.10 Å². The van der Waals surface area contributed by atoms with Crippen LogP contribution < -0.4 is 5.32 Å². The number of rotatable bonds is 4. The van der Waals surface area contributed by atoms with Crippen LogP contribution in [0.25, 0.3) is 0 Å². The van der Waals surface area contributed by atoms with Gasteiger partial charge in [0, 0.05) is 6.04 Å². The van der Waals surface area contributed by atoms with E-state index in [1.54, 1.807) is 0 Å². The van der Waals surface area contributed by atoms with E-state index in [2.05, 4.69) is 5.32 Å². The molecule has 1 aliphatic rings. The monoisotopic (exact) mass is 219 g/mol. The van der Waals surface area contributed by atoms with Gasteiger partial charge < -0.3 is 25.7 Å². The molecule has 5 atom stereocenters. The fourth-order valence-corrected chi connectivity index (χ4v) is 1.99. The number of piperidine rings is 1. The number of hydrogen-bond acceptors (Lipinski definition) is 5. The molecule has 0 spiro atoms. The molecule has 0 aromatic carbocycles. The quantitative estimate of drug-likeness (QED) is 0.401. The maximum Gasteiger partial charge on any atom is 0.109 e. The van der Waals surface area contributed by atoms with Crippen LogP contribution in [0.2, 0.25) is 0 Å². The zero-order valence-electron chi connectivity index (χ0n) is 9.00. The van der Waals surface area contributed by atoms with E-state index in [-0.39, 0.29) is 12.6 Å². The van der Waals surface area contributed by atoms with E-state index in [9.17, 15) is 15.3 Å². The maximum absolute atomic E-state index is 9.69. The third kappa shape index (κ3) is 2.89. The molecule has 1 rings (SSSR count). The minimum atomic E-state index is -1.18. The molecule has 5 nitrogen and oxygen atoms in total. The third-order valence-corrected chi connectivity index (χ3v) is 3.02. The standard InChI is InChI=1S/C10H21NO4/c1-2-3-4-6-8(13)10(15)9(14)7(5-12)11-6/h6-15H,2-5H2,1H3/t6-,7-,8+,9+,10+/m0/s1.